The summed E-state index contributed by atoms with van der Waals surface area (Å²) in [5.74, 6) is 0. The Bertz CT molecular complexity index is 154. The van der Waals surface area contributed by atoms with Gasteiger partial charge in [0.25, 0.3) is 0 Å². The molecule has 0 aromatic carbocycles. The van der Waals surface area contributed by atoms with Crippen molar-refractivity contribution in [2.75, 3.05) is 20.2 Å². The van der Waals surface area contributed by atoms with Gasteiger partial charge in [0.05, 0.1) is 6.61 Å². The van der Waals surface area contributed by atoms with Crippen LogP contribution in [-0.4, -0.2) is 36.2 Å². The molecule has 0 aromatic rings. The molecular weight excluding hydrogens is 138 g/mol. The van der Waals surface area contributed by atoms with E-state index in [1.807, 2.05) is 0 Å². The molecule has 64 valence electrons. The Morgan fingerprint density at radius 2 is 2.45 bits per heavy atom. The molecule has 1 rings (SSSR count). The number of rotatable bonds is 1. The monoisotopic (exact) mass is 155 g/mol. The third-order valence-corrected chi connectivity index (χ3v) is 2.43. The molecule has 1 aliphatic heterocycles. The van der Waals surface area contributed by atoms with Crippen LogP contribution in [0.3, 0.4) is 0 Å². The number of allylic oxidation sites excluding steroid dienone is 1. The standard InChI is InChI=1S/C9H17NO/c1-8-3-4-9(7-11)10(2)6-5-8/h5,9,11H,3-4,6-7H2,1-2H3/t9-/m0/s1. The van der Waals surface area contributed by atoms with Crippen LogP contribution in [-0.2, 0) is 0 Å². The van der Waals surface area contributed by atoms with E-state index in [1.54, 1.807) is 0 Å². The van der Waals surface area contributed by atoms with Gasteiger partial charge in [0.2, 0.25) is 0 Å². The molecule has 0 unspecified atom stereocenters. The van der Waals surface area contributed by atoms with Crippen LogP contribution in [0, 0.1) is 0 Å². The normalized spacial score (nSPS) is 27.9. The van der Waals surface area contributed by atoms with Crippen LogP contribution in [0.1, 0.15) is 19.8 Å². The molecule has 0 radical (unpaired) electrons. The van der Waals surface area contributed by atoms with Crippen LogP contribution in [0.2, 0.25) is 0 Å². The molecule has 0 fully saturated rings. The van der Waals surface area contributed by atoms with Crippen LogP contribution < -0.4 is 0 Å². The van der Waals surface area contributed by atoms with Gasteiger partial charge < -0.3 is 5.11 Å². The lowest BCUT2D eigenvalue weighted by molar-refractivity contribution is 0.153. The first-order chi connectivity index (χ1) is 5.24. The van der Waals surface area contributed by atoms with Crippen molar-refractivity contribution in [1.82, 2.24) is 4.90 Å². The fourth-order valence-electron chi connectivity index (χ4n) is 1.40. The first-order valence-corrected chi connectivity index (χ1v) is 4.20. The summed E-state index contributed by atoms with van der Waals surface area (Å²) >= 11 is 0. The van der Waals surface area contributed by atoms with Crippen LogP contribution in [0.4, 0.5) is 0 Å². The Kier molecular flexibility index (Phi) is 3.09. The van der Waals surface area contributed by atoms with E-state index in [1.165, 1.54) is 5.57 Å². The topological polar surface area (TPSA) is 23.5 Å². The lowest BCUT2D eigenvalue weighted by atomic mass is 10.1. The molecule has 1 atom stereocenters. The van der Waals surface area contributed by atoms with Gasteiger partial charge in [-0.05, 0) is 26.8 Å². The predicted molar refractivity (Wildman–Crippen MR) is 46.5 cm³/mol. The summed E-state index contributed by atoms with van der Waals surface area (Å²) in [5.41, 5.74) is 1.45. The maximum Gasteiger partial charge on any atom is 0.0586 e. The molecular formula is C9H17NO. The minimum absolute atomic E-state index is 0.289. The summed E-state index contributed by atoms with van der Waals surface area (Å²) in [5, 5.41) is 9.01. The van der Waals surface area contributed by atoms with Gasteiger partial charge >= 0.3 is 0 Å². The van der Waals surface area contributed by atoms with E-state index in [0.29, 0.717) is 6.04 Å². The molecule has 2 nitrogen and oxygen atoms in total. The SMILES string of the molecule is CC1=CCN(C)[C@H](CO)CC1. The van der Waals surface area contributed by atoms with E-state index >= 15 is 0 Å². The summed E-state index contributed by atoms with van der Waals surface area (Å²) < 4.78 is 0. The highest BCUT2D eigenvalue weighted by atomic mass is 16.3. The largest absolute Gasteiger partial charge is 0.395 e. The molecule has 0 amide bonds. The van der Waals surface area contributed by atoms with E-state index in [9.17, 15) is 0 Å². The van der Waals surface area contributed by atoms with Crippen molar-refractivity contribution in [3.8, 4) is 0 Å². The van der Waals surface area contributed by atoms with Gasteiger partial charge in [0.15, 0.2) is 0 Å². The predicted octanol–water partition coefficient (Wildman–Crippen LogP) is 1.02. The van der Waals surface area contributed by atoms with Gasteiger partial charge in [-0.15, -0.1) is 0 Å². The fourth-order valence-corrected chi connectivity index (χ4v) is 1.40. The second-order valence-electron chi connectivity index (χ2n) is 3.37. The maximum atomic E-state index is 9.01. The number of hydrogen-bond donors (Lipinski definition) is 1. The minimum Gasteiger partial charge on any atom is -0.395 e. The van der Waals surface area contributed by atoms with E-state index in [2.05, 4.69) is 24.9 Å². The van der Waals surface area contributed by atoms with Crippen LogP contribution >= 0.6 is 0 Å². The van der Waals surface area contributed by atoms with Crippen molar-refractivity contribution < 1.29 is 5.11 Å². The molecule has 0 aliphatic carbocycles. The lowest BCUT2D eigenvalue weighted by Crippen LogP contribution is -2.33. The first-order valence-electron chi connectivity index (χ1n) is 4.20. The lowest BCUT2D eigenvalue weighted by Gasteiger charge is -2.22. The Labute approximate surface area is 68.5 Å². The van der Waals surface area contributed by atoms with Gasteiger partial charge in [-0.3, -0.25) is 4.90 Å². The number of aliphatic hydroxyl groups is 1. The molecule has 0 spiro atoms. The van der Waals surface area contributed by atoms with E-state index < -0.39 is 0 Å². The summed E-state index contributed by atoms with van der Waals surface area (Å²) in [6.45, 7) is 3.43. The highest BCUT2D eigenvalue weighted by Gasteiger charge is 2.14. The third-order valence-electron chi connectivity index (χ3n) is 2.43. The van der Waals surface area contributed by atoms with Crippen molar-refractivity contribution in [2.24, 2.45) is 0 Å². The summed E-state index contributed by atoms with van der Waals surface area (Å²) in [4.78, 5) is 2.20. The summed E-state index contributed by atoms with van der Waals surface area (Å²) in [6, 6.07) is 0.365. The zero-order valence-corrected chi connectivity index (χ0v) is 7.38. The number of hydrogen-bond acceptors (Lipinski definition) is 2. The van der Waals surface area contributed by atoms with Gasteiger partial charge in [-0.1, -0.05) is 11.6 Å². The first kappa shape index (κ1) is 8.75. The molecule has 1 heterocycles. The maximum absolute atomic E-state index is 9.01. The molecule has 0 saturated carbocycles. The zero-order chi connectivity index (χ0) is 8.27. The quantitative estimate of drug-likeness (QED) is 0.571. The molecule has 0 bridgehead atoms. The van der Waals surface area contributed by atoms with Gasteiger partial charge in [-0.25, -0.2) is 0 Å². The summed E-state index contributed by atoms with van der Waals surface area (Å²) in [7, 11) is 2.07. The summed E-state index contributed by atoms with van der Waals surface area (Å²) in [6.07, 6.45) is 4.47. The number of aliphatic hydroxyl groups excluding tert-OH is 1. The minimum atomic E-state index is 0.289. The molecule has 0 aromatic heterocycles. The zero-order valence-electron chi connectivity index (χ0n) is 7.38. The van der Waals surface area contributed by atoms with Crippen LogP contribution in [0.15, 0.2) is 11.6 Å². The average molecular weight is 155 g/mol. The Morgan fingerprint density at radius 3 is 3.09 bits per heavy atom. The fraction of sp³-hybridized carbons (Fsp3) is 0.778. The Morgan fingerprint density at radius 1 is 1.73 bits per heavy atom. The van der Waals surface area contributed by atoms with Crippen LogP contribution in [0.5, 0.6) is 0 Å². The Balaban J connectivity index is 2.51. The molecule has 1 aliphatic rings. The van der Waals surface area contributed by atoms with Crippen molar-refractivity contribution in [1.29, 1.82) is 0 Å². The number of likely N-dealkylation sites (N-methyl/N-ethyl adjacent to an activating group) is 1. The van der Waals surface area contributed by atoms with Crippen molar-refractivity contribution in [3.63, 3.8) is 0 Å². The van der Waals surface area contributed by atoms with Crippen molar-refractivity contribution >= 4 is 0 Å². The third kappa shape index (κ3) is 2.31. The second-order valence-corrected chi connectivity index (χ2v) is 3.37. The van der Waals surface area contributed by atoms with Crippen molar-refractivity contribution in [3.05, 3.63) is 11.6 Å². The van der Waals surface area contributed by atoms with Crippen LogP contribution in [0.25, 0.3) is 0 Å². The van der Waals surface area contributed by atoms with E-state index in [4.69, 9.17) is 5.11 Å². The highest BCUT2D eigenvalue weighted by Crippen LogP contribution is 2.14. The van der Waals surface area contributed by atoms with Gasteiger partial charge in [-0.2, -0.15) is 0 Å². The van der Waals surface area contributed by atoms with Crippen molar-refractivity contribution in [2.45, 2.75) is 25.8 Å². The van der Waals surface area contributed by atoms with E-state index in [0.717, 1.165) is 19.4 Å². The van der Waals surface area contributed by atoms with Gasteiger partial charge in [0, 0.05) is 12.6 Å². The smallest absolute Gasteiger partial charge is 0.0586 e. The Hall–Kier alpha value is -0.340. The molecule has 2 heteroatoms. The molecule has 11 heavy (non-hydrogen) atoms. The molecule has 0 saturated heterocycles. The van der Waals surface area contributed by atoms with E-state index in [-0.39, 0.29) is 6.61 Å². The molecule has 1 N–H and O–H groups in total. The average Bonchev–Trinajstić information content (AvgIpc) is 2.15. The van der Waals surface area contributed by atoms with Gasteiger partial charge in [0.1, 0.15) is 0 Å². The number of nitrogens with zero attached hydrogens (tertiary/aromatic N) is 1. The highest BCUT2D eigenvalue weighted by molar-refractivity contribution is 5.02. The second kappa shape index (κ2) is 3.88.